The van der Waals surface area contributed by atoms with Crippen LogP contribution < -0.4 is 11.1 Å². The summed E-state index contributed by atoms with van der Waals surface area (Å²) in [6.07, 6.45) is 0.145. The normalized spacial score (nSPS) is 14.0. The monoisotopic (exact) mass is 353 g/mol. The quantitative estimate of drug-likeness (QED) is 0.566. The van der Waals surface area contributed by atoms with E-state index in [2.05, 4.69) is 10.1 Å². The number of esters is 1. The Morgan fingerprint density at radius 3 is 2.33 bits per heavy atom. The molecule has 1 aromatic heterocycles. The van der Waals surface area contributed by atoms with E-state index in [1.54, 1.807) is 0 Å². The van der Waals surface area contributed by atoms with Crippen molar-refractivity contribution in [1.82, 2.24) is 4.90 Å². The number of amides is 4. The van der Waals surface area contributed by atoms with Crippen molar-refractivity contribution in [3.63, 3.8) is 0 Å². The molecule has 2 heterocycles. The lowest BCUT2D eigenvalue weighted by molar-refractivity contribution is -0.141. The second-order valence-corrected chi connectivity index (χ2v) is 6.06. The molecule has 10 heteroatoms. The number of nitrogens with one attached hydrogen (secondary N) is 1. The van der Waals surface area contributed by atoms with Gasteiger partial charge in [-0.15, -0.1) is 11.3 Å². The van der Waals surface area contributed by atoms with Gasteiger partial charge in [-0.2, -0.15) is 0 Å². The number of carbonyl (C=O) groups excluding carboxylic acids is 5. The van der Waals surface area contributed by atoms with E-state index in [4.69, 9.17) is 5.73 Å². The molecule has 1 aliphatic heterocycles. The summed E-state index contributed by atoms with van der Waals surface area (Å²) in [5.74, 6) is -3.00. The highest BCUT2D eigenvalue weighted by Crippen LogP contribution is 2.33. The minimum atomic E-state index is -0.817. The maximum absolute atomic E-state index is 12.1. The number of rotatable bonds is 5. The third-order valence-electron chi connectivity index (χ3n) is 3.47. The number of thiophene rings is 1. The second-order valence-electron chi connectivity index (χ2n) is 5.04. The number of nitrogens with two attached hydrogens (primary N) is 1. The maximum Gasteiger partial charge on any atom is 0.348 e. The molecule has 9 nitrogen and oxygen atoms in total. The summed E-state index contributed by atoms with van der Waals surface area (Å²) in [4.78, 5) is 59.4. The summed E-state index contributed by atoms with van der Waals surface area (Å²) in [6.45, 7) is 1.05. The predicted octanol–water partition coefficient (Wildman–Crippen LogP) is 0.0295. The molecule has 128 valence electrons. The average Bonchev–Trinajstić information content (AvgIpc) is 3.00. The van der Waals surface area contributed by atoms with Gasteiger partial charge in [0.05, 0.1) is 12.7 Å². The molecule has 3 N–H and O–H groups in total. The lowest BCUT2D eigenvalue weighted by Gasteiger charge is -2.13. The van der Waals surface area contributed by atoms with Crippen molar-refractivity contribution < 1.29 is 28.7 Å². The van der Waals surface area contributed by atoms with Crippen molar-refractivity contribution in [3.05, 3.63) is 16.0 Å². The second kappa shape index (κ2) is 6.79. The highest BCUT2D eigenvalue weighted by molar-refractivity contribution is 7.18. The van der Waals surface area contributed by atoms with Crippen LogP contribution in [-0.2, 0) is 19.1 Å². The van der Waals surface area contributed by atoms with E-state index in [0.29, 0.717) is 5.56 Å². The Kier molecular flexibility index (Phi) is 4.98. The van der Waals surface area contributed by atoms with Crippen molar-refractivity contribution in [3.8, 4) is 0 Å². The van der Waals surface area contributed by atoms with E-state index in [1.807, 2.05) is 0 Å². The molecule has 24 heavy (non-hydrogen) atoms. The van der Waals surface area contributed by atoms with Crippen molar-refractivity contribution in [2.45, 2.75) is 19.8 Å². The Morgan fingerprint density at radius 1 is 1.25 bits per heavy atom. The van der Waals surface area contributed by atoms with E-state index in [-0.39, 0.29) is 28.3 Å². The van der Waals surface area contributed by atoms with Gasteiger partial charge in [0.25, 0.3) is 5.91 Å². The molecule has 0 unspecified atom stereocenters. The molecule has 0 saturated carbocycles. The molecule has 0 bridgehead atoms. The molecular weight excluding hydrogens is 338 g/mol. The van der Waals surface area contributed by atoms with Gasteiger partial charge in [-0.25, -0.2) is 4.79 Å². The van der Waals surface area contributed by atoms with Crippen LogP contribution in [-0.4, -0.2) is 48.2 Å². The van der Waals surface area contributed by atoms with Crippen molar-refractivity contribution in [2.24, 2.45) is 5.73 Å². The van der Waals surface area contributed by atoms with Gasteiger partial charge in [0.1, 0.15) is 16.4 Å². The largest absolute Gasteiger partial charge is 0.465 e. The molecule has 4 amide bonds. The zero-order valence-electron chi connectivity index (χ0n) is 13.0. The molecular formula is C14H15N3O6S. The van der Waals surface area contributed by atoms with Gasteiger partial charge >= 0.3 is 5.97 Å². The maximum atomic E-state index is 12.1. The average molecular weight is 353 g/mol. The van der Waals surface area contributed by atoms with Gasteiger partial charge < -0.3 is 15.8 Å². The Bertz CT molecular complexity index is 738. The Balaban J connectivity index is 2.23. The molecule has 1 saturated heterocycles. The van der Waals surface area contributed by atoms with Crippen LogP contribution in [0.25, 0.3) is 0 Å². The van der Waals surface area contributed by atoms with Crippen LogP contribution in [0, 0.1) is 6.92 Å². The Hall–Kier alpha value is -2.75. The van der Waals surface area contributed by atoms with Gasteiger partial charge in [-0.1, -0.05) is 0 Å². The summed E-state index contributed by atoms with van der Waals surface area (Å²) in [5.41, 5.74) is 5.59. The van der Waals surface area contributed by atoms with Crippen molar-refractivity contribution in [1.29, 1.82) is 0 Å². The molecule has 0 aliphatic carbocycles. The molecule has 1 aliphatic rings. The first-order valence-corrected chi connectivity index (χ1v) is 7.72. The number of methoxy groups -OCH3 is 1. The molecule has 0 aromatic carbocycles. The number of likely N-dealkylation sites (tertiary alicyclic amines) is 1. The third-order valence-corrected chi connectivity index (χ3v) is 4.66. The first-order chi connectivity index (χ1) is 11.3. The van der Waals surface area contributed by atoms with E-state index >= 15 is 0 Å². The number of primary amides is 1. The van der Waals surface area contributed by atoms with Crippen molar-refractivity contribution >= 4 is 45.9 Å². The number of carbonyl (C=O) groups is 5. The first kappa shape index (κ1) is 17.6. The van der Waals surface area contributed by atoms with Crippen LogP contribution in [0.2, 0.25) is 0 Å². The minimum absolute atomic E-state index is 0.00664. The van der Waals surface area contributed by atoms with Gasteiger partial charge in [0.15, 0.2) is 0 Å². The standard InChI is InChI=1S/C14H15N3O6S/c1-6-10(12(15)21)13(24-11(6)14(22)23-2)16-7(18)5-17-8(19)3-4-9(17)20/h3-5H2,1-2H3,(H2,15,21)(H,16,18). The number of ether oxygens (including phenoxy) is 1. The van der Waals surface area contributed by atoms with E-state index in [0.717, 1.165) is 16.2 Å². The Labute approximate surface area is 140 Å². The summed E-state index contributed by atoms with van der Waals surface area (Å²) in [7, 11) is 1.19. The van der Waals surface area contributed by atoms with Crippen LogP contribution in [0.1, 0.15) is 38.4 Å². The summed E-state index contributed by atoms with van der Waals surface area (Å²) in [6, 6.07) is 0. The van der Waals surface area contributed by atoms with Gasteiger partial charge in [0, 0.05) is 12.8 Å². The minimum Gasteiger partial charge on any atom is -0.465 e. The highest BCUT2D eigenvalue weighted by atomic mass is 32.1. The number of imide groups is 1. The zero-order chi connectivity index (χ0) is 18.0. The predicted molar refractivity (Wildman–Crippen MR) is 83.5 cm³/mol. The molecule has 0 spiro atoms. The van der Waals surface area contributed by atoms with Crippen molar-refractivity contribution in [2.75, 3.05) is 19.0 Å². The molecule has 0 radical (unpaired) electrons. The van der Waals surface area contributed by atoms with Crippen LogP contribution in [0.5, 0.6) is 0 Å². The SMILES string of the molecule is COC(=O)c1sc(NC(=O)CN2C(=O)CCC2=O)c(C(N)=O)c1C. The summed E-state index contributed by atoms with van der Waals surface area (Å²) in [5, 5.41) is 2.50. The van der Waals surface area contributed by atoms with E-state index < -0.39 is 36.1 Å². The smallest absolute Gasteiger partial charge is 0.348 e. The molecule has 1 aromatic rings. The molecule has 2 rings (SSSR count). The lowest BCUT2D eigenvalue weighted by atomic mass is 10.1. The molecule has 1 fully saturated rings. The number of nitrogens with zero attached hydrogens (tertiary/aromatic N) is 1. The fourth-order valence-electron chi connectivity index (χ4n) is 2.29. The fourth-order valence-corrected chi connectivity index (χ4v) is 3.44. The highest BCUT2D eigenvalue weighted by Gasteiger charge is 2.31. The van der Waals surface area contributed by atoms with Gasteiger partial charge in [0.2, 0.25) is 17.7 Å². The topological polar surface area (TPSA) is 136 Å². The first-order valence-electron chi connectivity index (χ1n) is 6.90. The number of hydrogen-bond acceptors (Lipinski definition) is 7. The number of anilines is 1. The van der Waals surface area contributed by atoms with Gasteiger partial charge in [-0.05, 0) is 12.5 Å². The summed E-state index contributed by atoms with van der Waals surface area (Å²) >= 11 is 0.839. The number of hydrogen-bond donors (Lipinski definition) is 2. The van der Waals surface area contributed by atoms with Crippen LogP contribution in [0.4, 0.5) is 5.00 Å². The van der Waals surface area contributed by atoms with E-state index in [9.17, 15) is 24.0 Å². The Morgan fingerprint density at radius 2 is 1.83 bits per heavy atom. The molecule has 0 atom stereocenters. The van der Waals surface area contributed by atoms with Crippen LogP contribution in [0.3, 0.4) is 0 Å². The third kappa shape index (κ3) is 3.27. The van der Waals surface area contributed by atoms with Crippen LogP contribution in [0.15, 0.2) is 0 Å². The summed E-state index contributed by atoms with van der Waals surface area (Å²) < 4.78 is 4.62. The fraction of sp³-hybridized carbons (Fsp3) is 0.357. The zero-order valence-corrected chi connectivity index (χ0v) is 13.8. The lowest BCUT2D eigenvalue weighted by Crippen LogP contribution is -2.37. The van der Waals surface area contributed by atoms with Crippen LogP contribution >= 0.6 is 11.3 Å². The van der Waals surface area contributed by atoms with E-state index in [1.165, 1.54) is 14.0 Å². The van der Waals surface area contributed by atoms with Gasteiger partial charge in [-0.3, -0.25) is 24.1 Å².